The van der Waals surface area contributed by atoms with Gasteiger partial charge in [-0.2, -0.15) is 0 Å². The highest BCUT2D eigenvalue weighted by Crippen LogP contribution is 2.17. The number of hydrogen-bond donors (Lipinski definition) is 1. The van der Waals surface area contributed by atoms with Crippen molar-refractivity contribution >= 4 is 17.0 Å². The van der Waals surface area contributed by atoms with Gasteiger partial charge >= 0.3 is 0 Å². The summed E-state index contributed by atoms with van der Waals surface area (Å²) in [5.74, 6) is 1.49. The maximum atomic E-state index is 12.0. The van der Waals surface area contributed by atoms with Crippen molar-refractivity contribution in [2.24, 2.45) is 0 Å². The van der Waals surface area contributed by atoms with Gasteiger partial charge in [-0.3, -0.25) is 4.79 Å². The summed E-state index contributed by atoms with van der Waals surface area (Å²) in [6, 6.07) is 13.5. The zero-order valence-electron chi connectivity index (χ0n) is 13.8. The normalized spacial score (nSPS) is 10.8. The maximum absolute atomic E-state index is 12.0. The predicted molar refractivity (Wildman–Crippen MR) is 91.9 cm³/mol. The Kier molecular flexibility index (Phi) is 4.79. The lowest BCUT2D eigenvalue weighted by molar-refractivity contribution is -0.121. The smallest absolute Gasteiger partial charge is 0.220 e. The Morgan fingerprint density at radius 2 is 1.92 bits per heavy atom. The number of nitrogens with zero attached hydrogens (tertiary/aromatic N) is 1. The lowest BCUT2D eigenvalue weighted by Gasteiger charge is -2.06. The Morgan fingerprint density at radius 1 is 1.17 bits per heavy atom. The molecule has 1 N–H and O–H groups in total. The number of aryl methyl sites for hydroxylation is 2. The van der Waals surface area contributed by atoms with Gasteiger partial charge in [-0.05, 0) is 41.8 Å². The van der Waals surface area contributed by atoms with Crippen molar-refractivity contribution in [2.75, 3.05) is 7.11 Å². The highest BCUT2D eigenvalue weighted by Gasteiger charge is 2.06. The summed E-state index contributed by atoms with van der Waals surface area (Å²) in [6.07, 6.45) is 1.12. The quantitative estimate of drug-likeness (QED) is 0.755. The average molecular weight is 324 g/mol. The highest BCUT2D eigenvalue weighted by atomic mass is 16.5. The van der Waals surface area contributed by atoms with Crippen LogP contribution in [0.4, 0.5) is 0 Å². The number of amides is 1. The van der Waals surface area contributed by atoms with Crippen LogP contribution >= 0.6 is 0 Å². The van der Waals surface area contributed by atoms with Gasteiger partial charge in [0.1, 0.15) is 11.3 Å². The molecule has 0 aliphatic heterocycles. The molecule has 0 saturated carbocycles. The number of oxazole rings is 1. The number of fused-ring (bicyclic) bond motifs is 1. The molecule has 3 rings (SSSR count). The molecular weight excluding hydrogens is 304 g/mol. The Labute approximate surface area is 140 Å². The standard InChI is InChI=1S/C19H20N2O3/c1-13-21-17-11-14(5-9-18(17)24-13)6-10-19(22)20-12-15-3-7-16(23-2)8-4-15/h3-5,7-9,11H,6,10,12H2,1-2H3,(H,20,22). The van der Waals surface area contributed by atoms with E-state index in [1.807, 2.05) is 49.4 Å². The Hall–Kier alpha value is -2.82. The van der Waals surface area contributed by atoms with Gasteiger partial charge < -0.3 is 14.5 Å². The molecule has 0 atom stereocenters. The minimum absolute atomic E-state index is 0.0299. The van der Waals surface area contributed by atoms with Crippen molar-refractivity contribution in [3.05, 3.63) is 59.5 Å². The second kappa shape index (κ2) is 7.17. The summed E-state index contributed by atoms with van der Waals surface area (Å²) in [6.45, 7) is 2.34. The van der Waals surface area contributed by atoms with Crippen LogP contribution in [0.15, 0.2) is 46.9 Å². The number of carbonyl (C=O) groups is 1. The van der Waals surface area contributed by atoms with E-state index < -0.39 is 0 Å². The zero-order valence-corrected chi connectivity index (χ0v) is 13.8. The van der Waals surface area contributed by atoms with Gasteiger partial charge in [0.05, 0.1) is 7.11 Å². The third-order valence-corrected chi connectivity index (χ3v) is 3.85. The molecule has 0 radical (unpaired) electrons. The topological polar surface area (TPSA) is 64.4 Å². The number of carbonyl (C=O) groups excluding carboxylic acids is 1. The van der Waals surface area contributed by atoms with Gasteiger partial charge in [0.2, 0.25) is 5.91 Å². The Balaban J connectivity index is 1.50. The lowest BCUT2D eigenvalue weighted by Crippen LogP contribution is -2.22. The summed E-state index contributed by atoms with van der Waals surface area (Å²) in [7, 11) is 1.63. The molecule has 5 nitrogen and oxygen atoms in total. The van der Waals surface area contributed by atoms with Crippen LogP contribution in [0, 0.1) is 6.92 Å². The number of methoxy groups -OCH3 is 1. The molecule has 0 unspecified atom stereocenters. The molecule has 3 aromatic rings. The van der Waals surface area contributed by atoms with Crippen LogP contribution in [-0.4, -0.2) is 18.0 Å². The minimum atomic E-state index is 0.0299. The van der Waals surface area contributed by atoms with Crippen LogP contribution in [0.25, 0.3) is 11.1 Å². The van der Waals surface area contributed by atoms with E-state index in [9.17, 15) is 4.79 Å². The largest absolute Gasteiger partial charge is 0.497 e. The van der Waals surface area contributed by atoms with Crippen molar-refractivity contribution in [1.29, 1.82) is 0 Å². The number of rotatable bonds is 6. The lowest BCUT2D eigenvalue weighted by atomic mass is 10.1. The van der Waals surface area contributed by atoms with E-state index in [2.05, 4.69) is 10.3 Å². The van der Waals surface area contributed by atoms with Crippen molar-refractivity contribution in [3.63, 3.8) is 0 Å². The summed E-state index contributed by atoms with van der Waals surface area (Å²) in [5.41, 5.74) is 3.74. The van der Waals surface area contributed by atoms with Crippen molar-refractivity contribution in [3.8, 4) is 5.75 Å². The third kappa shape index (κ3) is 3.93. The van der Waals surface area contributed by atoms with Crippen LogP contribution < -0.4 is 10.1 Å². The van der Waals surface area contributed by atoms with Gasteiger partial charge in [0.25, 0.3) is 0 Å². The van der Waals surface area contributed by atoms with E-state index in [-0.39, 0.29) is 5.91 Å². The second-order valence-electron chi connectivity index (χ2n) is 5.66. The first kappa shape index (κ1) is 16.1. The number of hydrogen-bond acceptors (Lipinski definition) is 4. The first-order valence-corrected chi connectivity index (χ1v) is 7.90. The average Bonchev–Trinajstić information content (AvgIpc) is 2.97. The van der Waals surface area contributed by atoms with Crippen LogP contribution in [0.1, 0.15) is 23.4 Å². The molecule has 0 saturated heterocycles. The fourth-order valence-corrected chi connectivity index (χ4v) is 2.53. The second-order valence-corrected chi connectivity index (χ2v) is 5.66. The monoisotopic (exact) mass is 324 g/mol. The van der Waals surface area contributed by atoms with Crippen LogP contribution in [0.3, 0.4) is 0 Å². The molecular formula is C19H20N2O3. The third-order valence-electron chi connectivity index (χ3n) is 3.85. The first-order chi connectivity index (χ1) is 11.6. The minimum Gasteiger partial charge on any atom is -0.497 e. The molecule has 5 heteroatoms. The predicted octanol–water partition coefficient (Wildman–Crippen LogP) is 3.39. The van der Waals surface area contributed by atoms with Gasteiger partial charge in [-0.15, -0.1) is 0 Å². The molecule has 0 spiro atoms. The first-order valence-electron chi connectivity index (χ1n) is 7.90. The Bertz CT molecular complexity index is 837. The van der Waals surface area contributed by atoms with Crippen LogP contribution in [-0.2, 0) is 17.8 Å². The molecule has 0 aliphatic rings. The van der Waals surface area contributed by atoms with Crippen LogP contribution in [0.2, 0.25) is 0 Å². The number of benzene rings is 2. The number of nitrogens with one attached hydrogen (secondary N) is 1. The molecule has 24 heavy (non-hydrogen) atoms. The van der Waals surface area contributed by atoms with E-state index >= 15 is 0 Å². The summed E-state index contributed by atoms with van der Waals surface area (Å²) in [5, 5.41) is 2.93. The molecule has 1 aromatic heterocycles. The van der Waals surface area contributed by atoms with E-state index in [4.69, 9.17) is 9.15 Å². The van der Waals surface area contributed by atoms with Crippen LogP contribution in [0.5, 0.6) is 5.75 Å². The SMILES string of the molecule is COc1ccc(CNC(=O)CCc2ccc3oc(C)nc3c2)cc1. The molecule has 124 valence electrons. The fraction of sp³-hybridized carbons (Fsp3) is 0.263. The van der Waals surface area contributed by atoms with Crippen molar-refractivity contribution in [1.82, 2.24) is 10.3 Å². The van der Waals surface area contributed by atoms with Gasteiger partial charge in [0, 0.05) is 19.9 Å². The number of aromatic nitrogens is 1. The van der Waals surface area contributed by atoms with Crippen molar-refractivity contribution in [2.45, 2.75) is 26.3 Å². The molecule has 2 aromatic carbocycles. The summed E-state index contributed by atoms with van der Waals surface area (Å²) >= 11 is 0. The van der Waals surface area contributed by atoms with E-state index in [0.717, 1.165) is 28.0 Å². The van der Waals surface area contributed by atoms with E-state index in [1.165, 1.54) is 0 Å². The molecule has 0 fully saturated rings. The van der Waals surface area contributed by atoms with Gasteiger partial charge in [0.15, 0.2) is 11.5 Å². The number of ether oxygens (including phenoxy) is 1. The van der Waals surface area contributed by atoms with Gasteiger partial charge in [-0.25, -0.2) is 4.98 Å². The zero-order chi connectivity index (χ0) is 16.9. The summed E-state index contributed by atoms with van der Waals surface area (Å²) < 4.78 is 10.6. The maximum Gasteiger partial charge on any atom is 0.220 e. The van der Waals surface area contributed by atoms with Crippen molar-refractivity contribution < 1.29 is 13.9 Å². The fourth-order valence-electron chi connectivity index (χ4n) is 2.53. The highest BCUT2D eigenvalue weighted by molar-refractivity contribution is 5.77. The molecule has 1 heterocycles. The van der Waals surface area contributed by atoms with Gasteiger partial charge in [-0.1, -0.05) is 18.2 Å². The molecule has 0 aliphatic carbocycles. The molecule has 1 amide bonds. The Morgan fingerprint density at radius 3 is 2.67 bits per heavy atom. The summed E-state index contributed by atoms with van der Waals surface area (Å²) in [4.78, 5) is 16.3. The molecule has 0 bridgehead atoms. The van der Waals surface area contributed by atoms with E-state index in [1.54, 1.807) is 7.11 Å². The van der Waals surface area contributed by atoms with E-state index in [0.29, 0.717) is 25.3 Å².